The standard InChI is InChI=1S/C30H23IN2O4/c1-18-10-12-23(14-19(18)2)33-29(35)25(28(34)32-30(33)36)15-20-11-13-27(26(31)16-20)37-17-22-8-5-7-21-6-3-4-9-24(21)22/h3-16H,17H2,1-2H3,(H,32,34,36)/b25-15+. The van der Waals surface area contributed by atoms with Crippen molar-refractivity contribution in [1.29, 1.82) is 0 Å². The van der Waals surface area contributed by atoms with Crippen LogP contribution in [0.25, 0.3) is 16.8 Å². The van der Waals surface area contributed by atoms with Crippen molar-refractivity contribution in [2.75, 3.05) is 4.90 Å². The van der Waals surface area contributed by atoms with Gasteiger partial charge in [-0.15, -0.1) is 0 Å². The minimum Gasteiger partial charge on any atom is -0.488 e. The zero-order valence-corrected chi connectivity index (χ0v) is 22.4. The number of anilines is 1. The molecule has 0 bridgehead atoms. The molecule has 6 nitrogen and oxygen atoms in total. The highest BCUT2D eigenvalue weighted by Crippen LogP contribution is 2.28. The number of imide groups is 2. The third-order valence-corrected chi connectivity index (χ3v) is 7.22. The summed E-state index contributed by atoms with van der Waals surface area (Å²) >= 11 is 2.17. The van der Waals surface area contributed by atoms with Crippen LogP contribution in [0.5, 0.6) is 5.75 Å². The lowest BCUT2D eigenvalue weighted by atomic mass is 10.0. The summed E-state index contributed by atoms with van der Waals surface area (Å²) in [7, 11) is 0. The zero-order chi connectivity index (χ0) is 26.1. The average Bonchev–Trinajstić information content (AvgIpc) is 2.88. The zero-order valence-electron chi connectivity index (χ0n) is 20.2. The van der Waals surface area contributed by atoms with E-state index in [2.05, 4.69) is 46.1 Å². The van der Waals surface area contributed by atoms with Gasteiger partial charge in [-0.25, -0.2) is 9.69 Å². The van der Waals surface area contributed by atoms with E-state index in [1.807, 2.05) is 56.3 Å². The van der Waals surface area contributed by atoms with Crippen molar-refractivity contribution in [1.82, 2.24) is 5.32 Å². The number of hydrogen-bond acceptors (Lipinski definition) is 4. The molecule has 0 spiro atoms. The van der Waals surface area contributed by atoms with Gasteiger partial charge in [0.15, 0.2) is 0 Å². The summed E-state index contributed by atoms with van der Waals surface area (Å²) in [4.78, 5) is 39.3. The van der Waals surface area contributed by atoms with Crippen molar-refractivity contribution in [3.63, 3.8) is 0 Å². The normalized spacial score (nSPS) is 14.8. The molecule has 184 valence electrons. The number of halogens is 1. The number of benzene rings is 4. The molecule has 1 N–H and O–H groups in total. The van der Waals surface area contributed by atoms with Crippen molar-refractivity contribution in [2.24, 2.45) is 0 Å². The lowest BCUT2D eigenvalue weighted by Crippen LogP contribution is -2.54. The Morgan fingerprint density at radius 2 is 1.68 bits per heavy atom. The Morgan fingerprint density at radius 1 is 0.892 bits per heavy atom. The summed E-state index contributed by atoms with van der Waals surface area (Å²) < 4.78 is 6.93. The second-order valence-corrected chi connectivity index (χ2v) is 10.0. The second kappa shape index (κ2) is 10.2. The van der Waals surface area contributed by atoms with E-state index < -0.39 is 17.8 Å². The Hall–Kier alpha value is -3.98. The van der Waals surface area contributed by atoms with Crippen molar-refractivity contribution in [3.05, 3.63) is 110 Å². The summed E-state index contributed by atoms with van der Waals surface area (Å²) in [6.45, 7) is 4.26. The minimum atomic E-state index is -0.762. The fraction of sp³-hybridized carbons (Fsp3) is 0.100. The van der Waals surface area contributed by atoms with Crippen LogP contribution in [0.2, 0.25) is 0 Å². The number of hydrogen-bond donors (Lipinski definition) is 1. The Balaban J connectivity index is 1.38. The van der Waals surface area contributed by atoms with Crippen LogP contribution in [-0.2, 0) is 16.2 Å². The first-order valence-electron chi connectivity index (χ1n) is 11.7. The molecule has 0 unspecified atom stereocenters. The van der Waals surface area contributed by atoms with Crippen molar-refractivity contribution in [2.45, 2.75) is 20.5 Å². The number of nitrogens with one attached hydrogen (secondary N) is 1. The number of barbiturate groups is 1. The van der Waals surface area contributed by atoms with Gasteiger partial charge in [-0.2, -0.15) is 0 Å². The van der Waals surface area contributed by atoms with Gasteiger partial charge in [-0.05, 0) is 99.8 Å². The van der Waals surface area contributed by atoms with Gasteiger partial charge < -0.3 is 4.74 Å². The molecule has 37 heavy (non-hydrogen) atoms. The molecule has 1 aliphatic rings. The van der Waals surface area contributed by atoms with Crippen LogP contribution in [0.3, 0.4) is 0 Å². The monoisotopic (exact) mass is 602 g/mol. The van der Waals surface area contributed by atoms with Gasteiger partial charge in [0.1, 0.15) is 17.9 Å². The van der Waals surface area contributed by atoms with Crippen LogP contribution in [0.4, 0.5) is 10.5 Å². The van der Waals surface area contributed by atoms with Crippen LogP contribution in [0, 0.1) is 17.4 Å². The summed E-state index contributed by atoms with van der Waals surface area (Å²) in [5.41, 5.74) is 4.01. The Morgan fingerprint density at radius 3 is 2.46 bits per heavy atom. The van der Waals surface area contributed by atoms with Crippen molar-refractivity contribution < 1.29 is 19.1 Å². The van der Waals surface area contributed by atoms with E-state index in [0.29, 0.717) is 23.6 Å². The van der Waals surface area contributed by atoms with Crippen molar-refractivity contribution in [3.8, 4) is 5.75 Å². The Labute approximate surface area is 228 Å². The predicted molar refractivity (Wildman–Crippen MR) is 152 cm³/mol. The van der Waals surface area contributed by atoms with E-state index in [1.54, 1.807) is 18.2 Å². The molecule has 4 aromatic rings. The lowest BCUT2D eigenvalue weighted by Gasteiger charge is -2.26. The minimum absolute atomic E-state index is 0.113. The highest BCUT2D eigenvalue weighted by molar-refractivity contribution is 14.1. The molecule has 4 amide bonds. The first-order chi connectivity index (χ1) is 17.8. The van der Waals surface area contributed by atoms with Crippen LogP contribution >= 0.6 is 22.6 Å². The number of ether oxygens (including phenoxy) is 1. The molecule has 5 rings (SSSR count). The summed E-state index contributed by atoms with van der Waals surface area (Å²) in [5.74, 6) is -0.688. The highest BCUT2D eigenvalue weighted by Gasteiger charge is 2.36. The molecule has 0 atom stereocenters. The fourth-order valence-electron chi connectivity index (χ4n) is 4.22. The van der Waals surface area contributed by atoms with Gasteiger partial charge in [0, 0.05) is 0 Å². The maximum atomic E-state index is 13.2. The number of urea groups is 1. The molecule has 0 radical (unpaired) electrons. The van der Waals surface area contributed by atoms with E-state index in [0.717, 1.165) is 35.9 Å². The SMILES string of the molecule is Cc1ccc(N2C(=O)NC(=O)/C(=C\c3ccc(OCc4cccc5ccccc45)c(I)c3)C2=O)cc1C. The van der Waals surface area contributed by atoms with Crippen molar-refractivity contribution >= 4 is 63.0 Å². The molecule has 1 heterocycles. The largest absolute Gasteiger partial charge is 0.488 e. The van der Waals surface area contributed by atoms with Crippen LogP contribution < -0.4 is 15.0 Å². The van der Waals surface area contributed by atoms with Crippen LogP contribution in [-0.4, -0.2) is 17.8 Å². The van der Waals surface area contributed by atoms with E-state index in [9.17, 15) is 14.4 Å². The maximum Gasteiger partial charge on any atom is 0.335 e. The molecule has 0 aromatic heterocycles. The van der Waals surface area contributed by atoms with E-state index >= 15 is 0 Å². The number of carbonyl (C=O) groups is 3. The van der Waals surface area contributed by atoms with Gasteiger partial charge >= 0.3 is 6.03 Å². The van der Waals surface area contributed by atoms with Crippen LogP contribution in [0.1, 0.15) is 22.3 Å². The lowest BCUT2D eigenvalue weighted by molar-refractivity contribution is -0.122. The first kappa shape index (κ1) is 24.7. The number of amides is 4. The number of aryl methyl sites for hydroxylation is 2. The molecule has 1 saturated heterocycles. The van der Waals surface area contributed by atoms with E-state index in [1.165, 1.54) is 6.08 Å². The third kappa shape index (κ3) is 4.99. The predicted octanol–water partition coefficient (Wildman–Crippen LogP) is 6.31. The first-order valence-corrected chi connectivity index (χ1v) is 12.8. The van der Waals surface area contributed by atoms with Gasteiger partial charge in [0.2, 0.25) is 0 Å². The summed E-state index contributed by atoms with van der Waals surface area (Å²) in [6, 6.07) is 24.3. The maximum absolute atomic E-state index is 13.2. The Kier molecular flexibility index (Phi) is 6.80. The molecule has 1 fully saturated rings. The summed E-state index contributed by atoms with van der Waals surface area (Å²) in [6.07, 6.45) is 1.49. The number of fused-ring (bicyclic) bond motifs is 1. The van der Waals surface area contributed by atoms with Gasteiger partial charge in [-0.3, -0.25) is 14.9 Å². The smallest absolute Gasteiger partial charge is 0.335 e. The highest BCUT2D eigenvalue weighted by atomic mass is 127. The second-order valence-electron chi connectivity index (χ2n) is 8.84. The Bertz CT molecular complexity index is 1600. The quantitative estimate of drug-likeness (QED) is 0.165. The number of rotatable bonds is 5. The van der Waals surface area contributed by atoms with Gasteiger partial charge in [-0.1, -0.05) is 54.6 Å². The molecular weight excluding hydrogens is 579 g/mol. The number of carbonyl (C=O) groups excluding carboxylic acids is 3. The van der Waals surface area contributed by atoms with Gasteiger partial charge in [0.05, 0.1) is 9.26 Å². The molecular formula is C30H23IN2O4. The number of nitrogens with zero attached hydrogens (tertiary/aromatic N) is 1. The van der Waals surface area contributed by atoms with E-state index in [-0.39, 0.29) is 5.57 Å². The molecule has 7 heteroatoms. The van der Waals surface area contributed by atoms with E-state index in [4.69, 9.17) is 4.74 Å². The van der Waals surface area contributed by atoms with Gasteiger partial charge in [0.25, 0.3) is 11.8 Å². The third-order valence-electron chi connectivity index (χ3n) is 6.38. The topological polar surface area (TPSA) is 75.7 Å². The van der Waals surface area contributed by atoms with Crippen LogP contribution in [0.15, 0.2) is 84.4 Å². The molecule has 4 aromatic carbocycles. The molecule has 0 saturated carbocycles. The average molecular weight is 602 g/mol. The summed E-state index contributed by atoms with van der Waals surface area (Å²) in [5, 5.41) is 4.58. The molecule has 0 aliphatic carbocycles. The fourth-order valence-corrected chi connectivity index (χ4v) is 4.92. The molecule has 1 aliphatic heterocycles.